The highest BCUT2D eigenvalue weighted by Crippen LogP contribution is 2.30. The van der Waals surface area contributed by atoms with E-state index in [-0.39, 0.29) is 11.8 Å². The lowest BCUT2D eigenvalue weighted by Gasteiger charge is -2.22. The van der Waals surface area contributed by atoms with E-state index in [1.807, 2.05) is 18.2 Å². The van der Waals surface area contributed by atoms with Crippen molar-refractivity contribution in [2.75, 3.05) is 18.5 Å². The second-order valence-electron chi connectivity index (χ2n) is 5.02. The van der Waals surface area contributed by atoms with Gasteiger partial charge in [-0.3, -0.25) is 14.9 Å². The molecule has 2 aliphatic heterocycles. The molecule has 19 heavy (non-hydrogen) atoms. The molecule has 1 unspecified atom stereocenters. The quantitative estimate of drug-likeness (QED) is 0.801. The number of amides is 2. The number of nitrogens with zero attached hydrogens (tertiary/aromatic N) is 1. The van der Waals surface area contributed by atoms with E-state index in [2.05, 4.69) is 17.3 Å². The lowest BCUT2D eigenvalue weighted by Crippen LogP contribution is -2.46. The molecule has 5 heteroatoms. The SMILES string of the molecule is CN1CCc2cc(OC3CCC(=O)NC3=O)ccc21. The van der Waals surface area contributed by atoms with Gasteiger partial charge in [0, 0.05) is 32.1 Å². The van der Waals surface area contributed by atoms with E-state index in [0.717, 1.165) is 13.0 Å². The van der Waals surface area contributed by atoms with Crippen molar-refractivity contribution in [3.8, 4) is 5.75 Å². The predicted molar refractivity (Wildman–Crippen MR) is 70.2 cm³/mol. The van der Waals surface area contributed by atoms with Crippen molar-refractivity contribution in [3.63, 3.8) is 0 Å². The van der Waals surface area contributed by atoms with Gasteiger partial charge in [-0.25, -0.2) is 0 Å². The molecule has 0 saturated carbocycles. The van der Waals surface area contributed by atoms with Crippen LogP contribution >= 0.6 is 0 Å². The molecule has 0 radical (unpaired) electrons. The van der Waals surface area contributed by atoms with Gasteiger partial charge in [-0.15, -0.1) is 0 Å². The van der Waals surface area contributed by atoms with Crippen LogP contribution in [0.1, 0.15) is 18.4 Å². The van der Waals surface area contributed by atoms with E-state index in [1.165, 1.54) is 11.3 Å². The van der Waals surface area contributed by atoms with Crippen molar-refractivity contribution in [2.24, 2.45) is 0 Å². The van der Waals surface area contributed by atoms with Crippen LogP contribution in [0.25, 0.3) is 0 Å². The Bertz CT molecular complexity index is 541. The average molecular weight is 260 g/mol. The first-order chi connectivity index (χ1) is 9.13. The minimum absolute atomic E-state index is 0.222. The fraction of sp³-hybridized carbons (Fsp3) is 0.429. The number of carbonyl (C=O) groups is 2. The number of rotatable bonds is 2. The van der Waals surface area contributed by atoms with E-state index in [9.17, 15) is 9.59 Å². The number of nitrogens with one attached hydrogen (secondary N) is 1. The Morgan fingerprint density at radius 2 is 2.16 bits per heavy atom. The Balaban J connectivity index is 1.74. The minimum Gasteiger partial charge on any atom is -0.481 e. The van der Waals surface area contributed by atoms with Crippen LogP contribution in [0.3, 0.4) is 0 Å². The van der Waals surface area contributed by atoms with Crippen molar-refractivity contribution in [3.05, 3.63) is 23.8 Å². The van der Waals surface area contributed by atoms with Gasteiger partial charge in [-0.1, -0.05) is 0 Å². The van der Waals surface area contributed by atoms with E-state index in [4.69, 9.17) is 4.74 Å². The largest absolute Gasteiger partial charge is 0.481 e. The van der Waals surface area contributed by atoms with Crippen LogP contribution in [0.15, 0.2) is 18.2 Å². The van der Waals surface area contributed by atoms with Gasteiger partial charge in [0.1, 0.15) is 5.75 Å². The smallest absolute Gasteiger partial charge is 0.267 e. The van der Waals surface area contributed by atoms with E-state index in [1.54, 1.807) is 0 Å². The molecule has 1 aromatic carbocycles. The molecule has 3 rings (SSSR count). The Kier molecular flexibility index (Phi) is 2.89. The summed E-state index contributed by atoms with van der Waals surface area (Å²) >= 11 is 0. The Hall–Kier alpha value is -2.04. The van der Waals surface area contributed by atoms with Crippen LogP contribution in [-0.4, -0.2) is 31.5 Å². The number of carbonyl (C=O) groups excluding carboxylic acids is 2. The van der Waals surface area contributed by atoms with E-state index >= 15 is 0 Å². The fourth-order valence-electron chi connectivity index (χ4n) is 2.57. The van der Waals surface area contributed by atoms with Crippen LogP contribution < -0.4 is 15.0 Å². The molecule has 1 aromatic rings. The van der Waals surface area contributed by atoms with Crippen LogP contribution in [0.4, 0.5) is 5.69 Å². The molecule has 0 aliphatic carbocycles. The number of likely N-dealkylation sites (N-methyl/N-ethyl adjacent to an activating group) is 1. The lowest BCUT2D eigenvalue weighted by atomic mass is 10.1. The van der Waals surface area contributed by atoms with Crippen LogP contribution in [-0.2, 0) is 16.0 Å². The molecule has 2 aliphatic rings. The summed E-state index contributed by atoms with van der Waals surface area (Å²) in [5.74, 6) is 0.137. The molecule has 0 spiro atoms. The standard InChI is InChI=1S/C14H16N2O3/c1-16-7-6-9-8-10(2-3-11(9)16)19-12-4-5-13(17)15-14(12)18/h2-3,8,12H,4-7H2,1H3,(H,15,17,18). The second kappa shape index (κ2) is 4.57. The predicted octanol–water partition coefficient (Wildman–Crippen LogP) is 0.863. The van der Waals surface area contributed by atoms with Gasteiger partial charge in [0.15, 0.2) is 6.10 Å². The second-order valence-corrected chi connectivity index (χ2v) is 5.02. The van der Waals surface area contributed by atoms with Gasteiger partial charge in [-0.05, 0) is 30.2 Å². The molecule has 1 N–H and O–H groups in total. The molecule has 2 amide bonds. The summed E-state index contributed by atoms with van der Waals surface area (Å²) in [6.45, 7) is 1.01. The third kappa shape index (κ3) is 2.28. The topological polar surface area (TPSA) is 58.6 Å². The van der Waals surface area contributed by atoms with Gasteiger partial charge in [-0.2, -0.15) is 0 Å². The summed E-state index contributed by atoms with van der Waals surface area (Å²) in [6.07, 6.45) is 1.22. The number of hydrogen-bond donors (Lipinski definition) is 1. The Labute approximate surface area is 111 Å². The molecule has 0 bridgehead atoms. The zero-order valence-electron chi connectivity index (χ0n) is 10.8. The van der Waals surface area contributed by atoms with Crippen LogP contribution in [0, 0.1) is 0 Å². The first kappa shape index (κ1) is 12.0. The maximum atomic E-state index is 11.6. The number of ether oxygens (including phenoxy) is 1. The Morgan fingerprint density at radius 1 is 1.32 bits per heavy atom. The molecule has 2 heterocycles. The molecule has 5 nitrogen and oxygen atoms in total. The molecule has 1 atom stereocenters. The van der Waals surface area contributed by atoms with Gasteiger partial charge in [0.05, 0.1) is 0 Å². The summed E-state index contributed by atoms with van der Waals surface area (Å²) in [7, 11) is 2.06. The highest BCUT2D eigenvalue weighted by atomic mass is 16.5. The van der Waals surface area contributed by atoms with Gasteiger partial charge in [0.2, 0.25) is 5.91 Å². The summed E-state index contributed by atoms with van der Waals surface area (Å²) < 4.78 is 5.69. The maximum absolute atomic E-state index is 11.6. The summed E-state index contributed by atoms with van der Waals surface area (Å²) in [5, 5.41) is 2.30. The molecule has 1 saturated heterocycles. The summed E-state index contributed by atoms with van der Waals surface area (Å²) in [5.41, 5.74) is 2.46. The van der Waals surface area contributed by atoms with Crippen molar-refractivity contribution in [2.45, 2.75) is 25.4 Å². The first-order valence-electron chi connectivity index (χ1n) is 6.48. The summed E-state index contributed by atoms with van der Waals surface area (Å²) in [6, 6.07) is 5.89. The molecular weight excluding hydrogens is 244 g/mol. The fourth-order valence-corrected chi connectivity index (χ4v) is 2.57. The molecule has 1 fully saturated rings. The molecular formula is C14H16N2O3. The van der Waals surface area contributed by atoms with Crippen LogP contribution in [0.5, 0.6) is 5.75 Å². The van der Waals surface area contributed by atoms with Crippen molar-refractivity contribution in [1.82, 2.24) is 5.32 Å². The highest BCUT2D eigenvalue weighted by molar-refractivity contribution is 5.99. The number of piperidine rings is 1. The van der Waals surface area contributed by atoms with Crippen molar-refractivity contribution < 1.29 is 14.3 Å². The number of anilines is 1. The lowest BCUT2D eigenvalue weighted by molar-refractivity contribution is -0.138. The van der Waals surface area contributed by atoms with Gasteiger partial charge >= 0.3 is 0 Å². The zero-order valence-corrected chi connectivity index (χ0v) is 10.8. The third-order valence-electron chi connectivity index (χ3n) is 3.65. The number of benzene rings is 1. The number of imide groups is 1. The monoisotopic (exact) mass is 260 g/mol. The molecule has 100 valence electrons. The number of fused-ring (bicyclic) bond motifs is 1. The van der Waals surface area contributed by atoms with Gasteiger partial charge < -0.3 is 9.64 Å². The third-order valence-corrected chi connectivity index (χ3v) is 3.65. The highest BCUT2D eigenvalue weighted by Gasteiger charge is 2.28. The Morgan fingerprint density at radius 3 is 2.95 bits per heavy atom. The van der Waals surface area contributed by atoms with E-state index < -0.39 is 6.10 Å². The molecule has 0 aromatic heterocycles. The average Bonchev–Trinajstić information content (AvgIpc) is 2.74. The number of hydrogen-bond acceptors (Lipinski definition) is 4. The van der Waals surface area contributed by atoms with E-state index in [0.29, 0.717) is 18.6 Å². The zero-order chi connectivity index (χ0) is 13.4. The van der Waals surface area contributed by atoms with Crippen molar-refractivity contribution >= 4 is 17.5 Å². The normalized spacial score (nSPS) is 22.2. The maximum Gasteiger partial charge on any atom is 0.267 e. The first-order valence-corrected chi connectivity index (χ1v) is 6.48. The van der Waals surface area contributed by atoms with Gasteiger partial charge in [0.25, 0.3) is 5.91 Å². The minimum atomic E-state index is -0.560. The van der Waals surface area contributed by atoms with Crippen molar-refractivity contribution in [1.29, 1.82) is 0 Å². The summed E-state index contributed by atoms with van der Waals surface area (Å²) in [4.78, 5) is 24.9. The van der Waals surface area contributed by atoms with Crippen LogP contribution in [0.2, 0.25) is 0 Å².